The normalized spacial score (nSPS) is 12.8. The van der Waals surface area contributed by atoms with E-state index in [0.717, 1.165) is 109 Å². The molecule has 0 aliphatic heterocycles. The van der Waals surface area contributed by atoms with Gasteiger partial charge >= 0.3 is 17.9 Å². The van der Waals surface area contributed by atoms with Crippen LogP contribution >= 0.6 is 0 Å². The quantitative estimate of drug-likeness (QED) is 0.0266. The minimum absolute atomic E-state index is 0.104. The second-order valence-corrected chi connectivity index (χ2v) is 14.9. The standard InChI is InChI=1S/C51H84O6/c1-4-7-10-13-16-19-21-22-23-24-25-26-27-28-30-32-35-38-41-44-50(53)56-47-48(46-55-49(52)43-40-37-34-31-18-15-12-9-6-3)57-51(54)45-42-39-36-33-29-20-17-14-11-8-5-2/h7,9-10,12,16,18-19,22-23,25-26,28,30-31,48H,4-6,8,11,13-15,17,20-21,24,27,29,32-47H2,1-3H3/b10-7-,12-9-,19-16-,23-22-,26-25-,30-28-,31-18-. The molecule has 0 fully saturated rings. The Bertz CT molecular complexity index is 1140. The van der Waals surface area contributed by atoms with Crippen molar-refractivity contribution in [3.63, 3.8) is 0 Å². The van der Waals surface area contributed by atoms with E-state index < -0.39 is 6.10 Å². The van der Waals surface area contributed by atoms with Gasteiger partial charge in [0.05, 0.1) is 0 Å². The molecular weight excluding hydrogens is 709 g/mol. The average Bonchev–Trinajstić information content (AvgIpc) is 3.21. The maximum absolute atomic E-state index is 12.7. The molecule has 0 radical (unpaired) electrons. The number of ether oxygens (including phenoxy) is 3. The van der Waals surface area contributed by atoms with Crippen LogP contribution in [0.15, 0.2) is 85.1 Å². The van der Waals surface area contributed by atoms with E-state index in [1.165, 1.54) is 51.4 Å². The number of esters is 3. The van der Waals surface area contributed by atoms with E-state index in [9.17, 15) is 14.4 Å². The summed E-state index contributed by atoms with van der Waals surface area (Å²) in [6, 6.07) is 0. The first-order valence-corrected chi connectivity index (χ1v) is 23.1. The highest BCUT2D eigenvalue weighted by atomic mass is 16.6. The Morgan fingerprint density at radius 2 is 0.684 bits per heavy atom. The topological polar surface area (TPSA) is 78.9 Å². The molecule has 6 nitrogen and oxygen atoms in total. The summed E-state index contributed by atoms with van der Waals surface area (Å²) in [5.74, 6) is -0.977. The van der Waals surface area contributed by atoms with Crippen LogP contribution in [-0.4, -0.2) is 37.2 Å². The summed E-state index contributed by atoms with van der Waals surface area (Å²) in [6.45, 7) is 6.31. The molecule has 57 heavy (non-hydrogen) atoms. The van der Waals surface area contributed by atoms with Crippen LogP contribution in [0.1, 0.15) is 201 Å². The van der Waals surface area contributed by atoms with E-state index >= 15 is 0 Å². The Kier molecular flexibility index (Phi) is 42.6. The molecule has 6 heteroatoms. The van der Waals surface area contributed by atoms with Gasteiger partial charge in [0, 0.05) is 19.3 Å². The van der Waals surface area contributed by atoms with Crippen molar-refractivity contribution in [1.82, 2.24) is 0 Å². The van der Waals surface area contributed by atoms with Crippen LogP contribution in [0.5, 0.6) is 0 Å². The largest absolute Gasteiger partial charge is 0.462 e. The minimum atomic E-state index is -0.799. The second-order valence-electron chi connectivity index (χ2n) is 14.9. The molecule has 0 aromatic rings. The van der Waals surface area contributed by atoms with Crippen LogP contribution in [0.3, 0.4) is 0 Å². The highest BCUT2D eigenvalue weighted by molar-refractivity contribution is 5.71. The van der Waals surface area contributed by atoms with Gasteiger partial charge in [-0.2, -0.15) is 0 Å². The number of rotatable bonds is 40. The van der Waals surface area contributed by atoms with Crippen molar-refractivity contribution >= 4 is 17.9 Å². The molecule has 0 aliphatic rings. The van der Waals surface area contributed by atoms with Crippen molar-refractivity contribution in [2.24, 2.45) is 0 Å². The summed E-state index contributed by atoms with van der Waals surface area (Å²) in [5.41, 5.74) is 0. The number of allylic oxidation sites excluding steroid dienone is 14. The lowest BCUT2D eigenvalue weighted by Crippen LogP contribution is -2.30. The van der Waals surface area contributed by atoms with Crippen LogP contribution in [0.25, 0.3) is 0 Å². The molecule has 0 amide bonds. The Hall–Kier alpha value is -3.41. The maximum atomic E-state index is 12.7. The highest BCUT2D eigenvalue weighted by Crippen LogP contribution is 2.13. The van der Waals surface area contributed by atoms with Gasteiger partial charge in [0.1, 0.15) is 13.2 Å². The molecule has 0 saturated carbocycles. The van der Waals surface area contributed by atoms with E-state index in [1.807, 2.05) is 0 Å². The Labute approximate surface area is 350 Å². The lowest BCUT2D eigenvalue weighted by atomic mass is 10.1. The van der Waals surface area contributed by atoms with Crippen LogP contribution in [0.4, 0.5) is 0 Å². The molecule has 324 valence electrons. The van der Waals surface area contributed by atoms with Gasteiger partial charge in [0.15, 0.2) is 6.10 Å². The van der Waals surface area contributed by atoms with E-state index in [2.05, 4.69) is 106 Å². The number of hydrogen-bond donors (Lipinski definition) is 0. The molecular formula is C51H84O6. The van der Waals surface area contributed by atoms with Crippen LogP contribution in [0.2, 0.25) is 0 Å². The van der Waals surface area contributed by atoms with Crippen molar-refractivity contribution in [1.29, 1.82) is 0 Å². The highest BCUT2D eigenvalue weighted by Gasteiger charge is 2.19. The molecule has 1 atom stereocenters. The van der Waals surface area contributed by atoms with Gasteiger partial charge in [-0.3, -0.25) is 14.4 Å². The zero-order valence-corrected chi connectivity index (χ0v) is 36.8. The van der Waals surface area contributed by atoms with Gasteiger partial charge in [-0.05, 0) is 89.9 Å². The number of carbonyl (C=O) groups excluding carboxylic acids is 3. The summed E-state index contributed by atoms with van der Waals surface area (Å²) in [6.07, 6.45) is 57.2. The summed E-state index contributed by atoms with van der Waals surface area (Å²) in [4.78, 5) is 37.7. The van der Waals surface area contributed by atoms with Gasteiger partial charge in [-0.25, -0.2) is 0 Å². The monoisotopic (exact) mass is 793 g/mol. The fourth-order valence-electron chi connectivity index (χ4n) is 5.97. The molecule has 0 saturated heterocycles. The molecule has 0 N–H and O–H groups in total. The Morgan fingerprint density at radius 3 is 1.11 bits per heavy atom. The van der Waals surface area contributed by atoms with Crippen molar-refractivity contribution < 1.29 is 28.6 Å². The van der Waals surface area contributed by atoms with Gasteiger partial charge in [-0.1, -0.05) is 176 Å². The number of carbonyl (C=O) groups is 3. The third-order valence-corrected chi connectivity index (χ3v) is 9.40. The fourth-order valence-corrected chi connectivity index (χ4v) is 5.97. The average molecular weight is 793 g/mol. The van der Waals surface area contributed by atoms with Crippen molar-refractivity contribution in [2.45, 2.75) is 207 Å². The molecule has 1 unspecified atom stereocenters. The molecule has 0 aromatic heterocycles. The van der Waals surface area contributed by atoms with Gasteiger partial charge in [0.2, 0.25) is 0 Å². The molecule has 0 spiro atoms. The van der Waals surface area contributed by atoms with E-state index in [-0.39, 0.29) is 31.1 Å². The van der Waals surface area contributed by atoms with Crippen LogP contribution in [-0.2, 0) is 28.6 Å². The van der Waals surface area contributed by atoms with E-state index in [1.54, 1.807) is 0 Å². The van der Waals surface area contributed by atoms with Crippen LogP contribution in [0, 0.1) is 0 Å². The number of unbranched alkanes of at least 4 members (excludes halogenated alkanes) is 15. The summed E-state index contributed by atoms with van der Waals surface area (Å²) in [5, 5.41) is 0. The fraction of sp³-hybridized carbons (Fsp3) is 0.667. The maximum Gasteiger partial charge on any atom is 0.306 e. The molecule has 0 aromatic carbocycles. The second kappa shape index (κ2) is 45.3. The molecule has 0 aliphatic carbocycles. The van der Waals surface area contributed by atoms with Crippen LogP contribution < -0.4 is 0 Å². The van der Waals surface area contributed by atoms with Crippen molar-refractivity contribution in [3.8, 4) is 0 Å². The minimum Gasteiger partial charge on any atom is -0.462 e. The zero-order chi connectivity index (χ0) is 41.5. The summed E-state index contributed by atoms with van der Waals surface area (Å²) in [7, 11) is 0. The smallest absolute Gasteiger partial charge is 0.306 e. The van der Waals surface area contributed by atoms with Gasteiger partial charge in [0.25, 0.3) is 0 Å². The molecule has 0 bridgehead atoms. The lowest BCUT2D eigenvalue weighted by Gasteiger charge is -2.18. The predicted octanol–water partition coefficient (Wildman–Crippen LogP) is 14.9. The first-order chi connectivity index (χ1) is 28.0. The lowest BCUT2D eigenvalue weighted by molar-refractivity contribution is -0.167. The van der Waals surface area contributed by atoms with E-state index in [0.29, 0.717) is 19.3 Å². The predicted molar refractivity (Wildman–Crippen MR) is 242 cm³/mol. The first kappa shape index (κ1) is 53.6. The van der Waals surface area contributed by atoms with E-state index in [4.69, 9.17) is 14.2 Å². The summed E-state index contributed by atoms with van der Waals surface area (Å²) >= 11 is 0. The molecule has 0 rings (SSSR count). The Balaban J connectivity index is 4.41. The third-order valence-electron chi connectivity index (χ3n) is 9.40. The summed E-state index contributed by atoms with van der Waals surface area (Å²) < 4.78 is 16.6. The zero-order valence-electron chi connectivity index (χ0n) is 36.8. The third kappa shape index (κ3) is 43.6. The van der Waals surface area contributed by atoms with Gasteiger partial charge < -0.3 is 14.2 Å². The number of hydrogen-bond acceptors (Lipinski definition) is 6. The van der Waals surface area contributed by atoms with Gasteiger partial charge in [-0.15, -0.1) is 0 Å². The SMILES string of the molecule is CC/C=C\C/C=C\C/C=C\C/C=C\C/C=C\CCCCCC(=O)OCC(COC(=O)CCCC/C=C\C/C=C\CC)OC(=O)CCCCCCCCCCCCC. The Morgan fingerprint density at radius 1 is 0.368 bits per heavy atom. The van der Waals surface area contributed by atoms with Crippen molar-refractivity contribution in [2.75, 3.05) is 13.2 Å². The molecule has 0 heterocycles. The van der Waals surface area contributed by atoms with Crippen molar-refractivity contribution in [3.05, 3.63) is 85.1 Å². The first-order valence-electron chi connectivity index (χ1n) is 23.1.